The molecule has 3 heterocycles. The molecule has 0 saturated carbocycles. The standard InChI is InChI=1S/C20H20BrN5O2/c1-13-5-7-25-12-16(24-17(25)9-13)11-23-20(28)26-8-6-22-19(27)18(26)14-3-2-4-15(21)10-14/h2-5,7,9-10,12,18H,6,8,11H2,1H3,(H,22,27)(H,23,28). The van der Waals surface area contributed by atoms with Gasteiger partial charge in [0.15, 0.2) is 0 Å². The number of aromatic nitrogens is 2. The molecule has 0 aliphatic carbocycles. The number of carbonyl (C=O) groups excluding carboxylic acids is 2. The van der Waals surface area contributed by atoms with Crippen LogP contribution in [0.5, 0.6) is 0 Å². The summed E-state index contributed by atoms with van der Waals surface area (Å²) in [7, 11) is 0. The van der Waals surface area contributed by atoms with E-state index in [2.05, 4.69) is 31.5 Å². The van der Waals surface area contributed by atoms with Crippen molar-refractivity contribution in [1.82, 2.24) is 24.9 Å². The van der Waals surface area contributed by atoms with E-state index in [4.69, 9.17) is 0 Å². The number of amides is 3. The highest BCUT2D eigenvalue weighted by Gasteiger charge is 2.34. The Labute approximate surface area is 170 Å². The first-order valence-electron chi connectivity index (χ1n) is 9.03. The van der Waals surface area contributed by atoms with Gasteiger partial charge in [-0.15, -0.1) is 0 Å². The van der Waals surface area contributed by atoms with Gasteiger partial charge in [-0.25, -0.2) is 9.78 Å². The average molecular weight is 442 g/mol. The fourth-order valence-corrected chi connectivity index (χ4v) is 3.80. The van der Waals surface area contributed by atoms with E-state index in [1.165, 1.54) is 0 Å². The van der Waals surface area contributed by atoms with E-state index in [-0.39, 0.29) is 11.9 Å². The molecule has 1 unspecified atom stereocenters. The summed E-state index contributed by atoms with van der Waals surface area (Å²) >= 11 is 3.43. The summed E-state index contributed by atoms with van der Waals surface area (Å²) in [6.45, 7) is 3.19. The third kappa shape index (κ3) is 3.73. The van der Waals surface area contributed by atoms with Gasteiger partial charge in [0.1, 0.15) is 11.7 Å². The molecule has 2 aromatic heterocycles. The normalized spacial score (nSPS) is 16.9. The second-order valence-electron chi connectivity index (χ2n) is 6.80. The molecule has 7 nitrogen and oxygen atoms in total. The summed E-state index contributed by atoms with van der Waals surface area (Å²) in [5, 5.41) is 5.74. The molecule has 0 spiro atoms. The summed E-state index contributed by atoms with van der Waals surface area (Å²) in [5.74, 6) is -0.178. The highest BCUT2D eigenvalue weighted by atomic mass is 79.9. The Balaban J connectivity index is 1.50. The molecule has 8 heteroatoms. The van der Waals surface area contributed by atoms with Crippen LogP contribution in [0, 0.1) is 6.92 Å². The van der Waals surface area contributed by atoms with E-state index in [0.29, 0.717) is 19.6 Å². The first-order valence-corrected chi connectivity index (χ1v) is 9.82. The lowest BCUT2D eigenvalue weighted by Gasteiger charge is -2.35. The van der Waals surface area contributed by atoms with Gasteiger partial charge in [-0.1, -0.05) is 28.1 Å². The maximum Gasteiger partial charge on any atom is 0.318 e. The third-order valence-corrected chi connectivity index (χ3v) is 5.22. The van der Waals surface area contributed by atoms with Crippen molar-refractivity contribution in [2.45, 2.75) is 19.5 Å². The lowest BCUT2D eigenvalue weighted by molar-refractivity contribution is -0.127. The van der Waals surface area contributed by atoms with Crippen LogP contribution in [0.15, 0.2) is 53.3 Å². The average Bonchev–Trinajstić information content (AvgIpc) is 3.08. The van der Waals surface area contributed by atoms with Crippen LogP contribution in [0.2, 0.25) is 0 Å². The van der Waals surface area contributed by atoms with Gasteiger partial charge >= 0.3 is 6.03 Å². The van der Waals surface area contributed by atoms with E-state index in [1.807, 2.05) is 60.1 Å². The number of carbonyl (C=O) groups is 2. The molecule has 1 aromatic carbocycles. The van der Waals surface area contributed by atoms with Crippen molar-refractivity contribution in [2.24, 2.45) is 0 Å². The van der Waals surface area contributed by atoms with Crippen molar-refractivity contribution >= 4 is 33.5 Å². The molecule has 1 fully saturated rings. The fraction of sp³-hybridized carbons (Fsp3) is 0.250. The van der Waals surface area contributed by atoms with Gasteiger partial charge in [0.05, 0.1) is 12.2 Å². The van der Waals surface area contributed by atoms with Crippen molar-refractivity contribution in [3.8, 4) is 0 Å². The number of imidazole rings is 1. The van der Waals surface area contributed by atoms with Crippen molar-refractivity contribution in [3.63, 3.8) is 0 Å². The van der Waals surface area contributed by atoms with E-state index in [9.17, 15) is 9.59 Å². The summed E-state index contributed by atoms with van der Waals surface area (Å²) < 4.78 is 2.79. The number of fused-ring (bicyclic) bond motifs is 1. The topological polar surface area (TPSA) is 78.7 Å². The van der Waals surface area contributed by atoms with Crippen molar-refractivity contribution < 1.29 is 9.59 Å². The zero-order chi connectivity index (χ0) is 19.7. The smallest absolute Gasteiger partial charge is 0.318 e. The molecule has 1 atom stereocenters. The molecular formula is C20H20BrN5O2. The fourth-order valence-electron chi connectivity index (χ4n) is 3.38. The molecule has 0 radical (unpaired) electrons. The molecule has 144 valence electrons. The SMILES string of the molecule is Cc1ccn2cc(CNC(=O)N3CCNC(=O)C3c3cccc(Br)c3)nc2c1. The molecule has 1 aliphatic rings. The lowest BCUT2D eigenvalue weighted by atomic mass is 10.0. The van der Waals surface area contributed by atoms with E-state index < -0.39 is 6.04 Å². The second kappa shape index (κ2) is 7.63. The van der Waals surface area contributed by atoms with Crippen LogP contribution in [-0.4, -0.2) is 39.3 Å². The monoisotopic (exact) mass is 441 g/mol. The van der Waals surface area contributed by atoms with Crippen LogP contribution in [0.4, 0.5) is 4.79 Å². The van der Waals surface area contributed by atoms with Crippen molar-refractivity contribution in [1.29, 1.82) is 0 Å². The highest BCUT2D eigenvalue weighted by Crippen LogP contribution is 2.25. The zero-order valence-corrected chi connectivity index (χ0v) is 16.9. The molecule has 2 N–H and O–H groups in total. The Morgan fingerprint density at radius 2 is 2.21 bits per heavy atom. The van der Waals surface area contributed by atoms with Gasteiger partial charge in [0, 0.05) is 30.0 Å². The number of rotatable bonds is 3. The van der Waals surface area contributed by atoms with Gasteiger partial charge in [-0.2, -0.15) is 0 Å². The number of halogens is 1. The minimum Gasteiger partial charge on any atom is -0.352 e. The summed E-state index contributed by atoms with van der Waals surface area (Å²) in [4.78, 5) is 31.4. The van der Waals surface area contributed by atoms with E-state index in [0.717, 1.165) is 26.9 Å². The van der Waals surface area contributed by atoms with Crippen LogP contribution >= 0.6 is 15.9 Å². The number of urea groups is 1. The molecule has 28 heavy (non-hydrogen) atoms. The quantitative estimate of drug-likeness (QED) is 0.655. The van der Waals surface area contributed by atoms with E-state index in [1.54, 1.807) is 4.90 Å². The first-order chi connectivity index (χ1) is 13.5. The minimum absolute atomic E-state index is 0.178. The molecule has 3 amide bonds. The largest absolute Gasteiger partial charge is 0.352 e. The van der Waals surface area contributed by atoms with Crippen LogP contribution in [-0.2, 0) is 11.3 Å². The Kier molecular flexibility index (Phi) is 5.04. The third-order valence-electron chi connectivity index (χ3n) is 4.72. The lowest BCUT2D eigenvalue weighted by Crippen LogP contribution is -2.54. The Hall–Kier alpha value is -2.87. The predicted molar refractivity (Wildman–Crippen MR) is 109 cm³/mol. The maximum absolute atomic E-state index is 12.8. The van der Waals surface area contributed by atoms with Crippen LogP contribution in [0.1, 0.15) is 22.9 Å². The molecule has 3 aromatic rings. The Morgan fingerprint density at radius 3 is 3.04 bits per heavy atom. The number of piperazine rings is 1. The second-order valence-corrected chi connectivity index (χ2v) is 7.72. The summed E-state index contributed by atoms with van der Waals surface area (Å²) in [6, 6.07) is 10.5. The van der Waals surface area contributed by atoms with Gasteiger partial charge in [0.25, 0.3) is 0 Å². The molecule has 1 saturated heterocycles. The van der Waals surface area contributed by atoms with Crippen molar-refractivity contribution in [2.75, 3.05) is 13.1 Å². The number of hydrogen-bond donors (Lipinski definition) is 2. The Morgan fingerprint density at radius 1 is 1.36 bits per heavy atom. The number of pyridine rings is 1. The van der Waals surface area contributed by atoms with Crippen LogP contribution in [0.25, 0.3) is 5.65 Å². The van der Waals surface area contributed by atoms with Crippen LogP contribution < -0.4 is 10.6 Å². The minimum atomic E-state index is -0.657. The number of hydrogen-bond acceptors (Lipinski definition) is 3. The summed E-state index contributed by atoms with van der Waals surface area (Å²) in [6.07, 6.45) is 3.84. The maximum atomic E-state index is 12.8. The number of aryl methyl sites for hydroxylation is 1. The number of benzene rings is 1. The molecule has 1 aliphatic heterocycles. The molecular weight excluding hydrogens is 422 g/mol. The summed E-state index contributed by atoms with van der Waals surface area (Å²) in [5.41, 5.74) is 3.50. The van der Waals surface area contributed by atoms with Gasteiger partial charge < -0.3 is 19.9 Å². The van der Waals surface area contributed by atoms with E-state index >= 15 is 0 Å². The number of nitrogens with zero attached hydrogens (tertiary/aromatic N) is 3. The van der Waals surface area contributed by atoms with Gasteiger partial charge in [0.2, 0.25) is 5.91 Å². The van der Waals surface area contributed by atoms with Gasteiger partial charge in [-0.05, 0) is 42.3 Å². The van der Waals surface area contributed by atoms with Gasteiger partial charge in [-0.3, -0.25) is 4.79 Å². The Bertz CT molecular complexity index is 1050. The first kappa shape index (κ1) is 18.5. The van der Waals surface area contributed by atoms with Crippen LogP contribution in [0.3, 0.4) is 0 Å². The zero-order valence-electron chi connectivity index (χ0n) is 15.4. The highest BCUT2D eigenvalue weighted by molar-refractivity contribution is 9.10. The molecule has 4 rings (SSSR count). The molecule has 0 bridgehead atoms. The predicted octanol–water partition coefficient (Wildman–Crippen LogP) is 2.79. The number of nitrogens with one attached hydrogen (secondary N) is 2. The van der Waals surface area contributed by atoms with Crippen molar-refractivity contribution in [3.05, 3.63) is 70.1 Å².